The fourth-order valence-corrected chi connectivity index (χ4v) is 2.07. The van der Waals surface area contributed by atoms with E-state index < -0.39 is 0 Å². The van der Waals surface area contributed by atoms with Crippen LogP contribution in [0.15, 0.2) is 21.2 Å². The van der Waals surface area contributed by atoms with Gasteiger partial charge in [-0.1, -0.05) is 6.92 Å². The minimum Gasteiger partial charge on any atom is -0.466 e. The summed E-state index contributed by atoms with van der Waals surface area (Å²) in [6.07, 6.45) is 2.73. The Bertz CT molecular complexity index is 288. The Labute approximate surface area is 99.3 Å². The maximum atomic E-state index is 5.40. The van der Waals surface area contributed by atoms with Gasteiger partial charge >= 0.3 is 0 Å². The molecule has 0 radical (unpaired) electrons. The van der Waals surface area contributed by atoms with Crippen molar-refractivity contribution in [3.63, 3.8) is 0 Å². The second-order valence-corrected chi connectivity index (χ2v) is 4.44. The molecule has 1 heterocycles. The van der Waals surface area contributed by atoms with Crippen LogP contribution in [0.25, 0.3) is 0 Å². The summed E-state index contributed by atoms with van der Waals surface area (Å²) in [5, 5.41) is 3.46. The molecule has 4 heteroatoms. The molecule has 0 aliphatic rings. The summed E-state index contributed by atoms with van der Waals surface area (Å²) in [5.74, 6) is 0.935. The van der Waals surface area contributed by atoms with Crippen LogP contribution in [-0.2, 0) is 4.74 Å². The molecule has 0 aromatic carbocycles. The minimum atomic E-state index is 0.189. The summed E-state index contributed by atoms with van der Waals surface area (Å²) in [5.41, 5.74) is 0. The van der Waals surface area contributed by atoms with Gasteiger partial charge in [0, 0.05) is 13.2 Å². The third kappa shape index (κ3) is 3.63. The predicted octanol–water partition coefficient (Wildman–Crippen LogP) is 3.12. The molecule has 1 rings (SSSR count). The molecule has 0 amide bonds. The average Bonchev–Trinajstić information content (AvgIpc) is 2.63. The predicted molar refractivity (Wildman–Crippen MR) is 63.9 cm³/mol. The molecule has 0 saturated heterocycles. The van der Waals surface area contributed by atoms with Crippen LogP contribution in [0.2, 0.25) is 0 Å². The zero-order valence-corrected chi connectivity index (χ0v) is 11.0. The van der Waals surface area contributed by atoms with E-state index in [1.807, 2.05) is 6.07 Å². The van der Waals surface area contributed by atoms with Crippen molar-refractivity contribution in [1.82, 2.24) is 5.32 Å². The normalized spacial score (nSPS) is 15.2. The van der Waals surface area contributed by atoms with Gasteiger partial charge in [-0.15, -0.1) is 0 Å². The van der Waals surface area contributed by atoms with E-state index in [1.54, 1.807) is 13.4 Å². The van der Waals surface area contributed by atoms with Gasteiger partial charge in [0.2, 0.25) is 0 Å². The Kier molecular flexibility index (Phi) is 5.36. The van der Waals surface area contributed by atoms with E-state index in [0.29, 0.717) is 6.04 Å². The number of hydrogen-bond donors (Lipinski definition) is 1. The zero-order valence-electron chi connectivity index (χ0n) is 9.42. The highest BCUT2D eigenvalue weighted by Crippen LogP contribution is 2.24. The number of hydrogen-bond acceptors (Lipinski definition) is 3. The number of furan rings is 1. The van der Waals surface area contributed by atoms with Crippen LogP contribution in [0.5, 0.6) is 0 Å². The first kappa shape index (κ1) is 12.7. The van der Waals surface area contributed by atoms with Gasteiger partial charge in [-0.3, -0.25) is 0 Å². The van der Waals surface area contributed by atoms with Gasteiger partial charge in [0.1, 0.15) is 5.76 Å². The summed E-state index contributed by atoms with van der Waals surface area (Å²) in [4.78, 5) is 0. The molecule has 0 bridgehead atoms. The van der Waals surface area contributed by atoms with Gasteiger partial charge in [0.25, 0.3) is 0 Å². The first-order valence-electron chi connectivity index (χ1n) is 5.16. The molecule has 0 saturated carbocycles. The largest absolute Gasteiger partial charge is 0.466 e. The monoisotopic (exact) mass is 275 g/mol. The van der Waals surface area contributed by atoms with E-state index in [0.717, 1.165) is 23.3 Å². The highest BCUT2D eigenvalue weighted by atomic mass is 79.9. The third-order valence-electron chi connectivity index (χ3n) is 2.38. The number of nitrogens with one attached hydrogen (secondary N) is 1. The van der Waals surface area contributed by atoms with Gasteiger partial charge in [0.05, 0.1) is 23.4 Å². The lowest BCUT2D eigenvalue weighted by Gasteiger charge is -2.20. The van der Waals surface area contributed by atoms with Gasteiger partial charge in [-0.2, -0.15) is 0 Å². The molecular formula is C11H18BrNO2. The molecule has 0 spiro atoms. The third-order valence-corrected chi connectivity index (χ3v) is 3.04. The lowest BCUT2D eigenvalue weighted by molar-refractivity contribution is 0.157. The van der Waals surface area contributed by atoms with Crippen molar-refractivity contribution in [3.05, 3.63) is 22.6 Å². The van der Waals surface area contributed by atoms with Crippen LogP contribution in [0.1, 0.15) is 32.1 Å². The number of halogens is 1. The summed E-state index contributed by atoms with van der Waals surface area (Å²) < 4.78 is 11.5. The number of ether oxygens (including phenoxy) is 1. The second-order valence-electron chi connectivity index (χ2n) is 3.58. The molecule has 1 aromatic rings. The van der Waals surface area contributed by atoms with E-state index in [2.05, 4.69) is 35.1 Å². The molecule has 2 atom stereocenters. The van der Waals surface area contributed by atoms with E-state index >= 15 is 0 Å². The maximum absolute atomic E-state index is 5.40. The Morgan fingerprint density at radius 2 is 2.33 bits per heavy atom. The highest BCUT2D eigenvalue weighted by molar-refractivity contribution is 9.10. The van der Waals surface area contributed by atoms with Crippen molar-refractivity contribution in [1.29, 1.82) is 0 Å². The van der Waals surface area contributed by atoms with Crippen molar-refractivity contribution in [2.75, 3.05) is 13.7 Å². The van der Waals surface area contributed by atoms with E-state index in [9.17, 15) is 0 Å². The van der Waals surface area contributed by atoms with Crippen LogP contribution in [0, 0.1) is 0 Å². The van der Waals surface area contributed by atoms with Crippen molar-refractivity contribution >= 4 is 15.9 Å². The molecule has 86 valence electrons. The molecule has 0 aliphatic heterocycles. The number of rotatable bonds is 6. The lowest BCUT2D eigenvalue weighted by atomic mass is 10.2. The van der Waals surface area contributed by atoms with Crippen LogP contribution >= 0.6 is 15.9 Å². The Morgan fingerprint density at radius 3 is 2.80 bits per heavy atom. The van der Waals surface area contributed by atoms with Gasteiger partial charge in [0.15, 0.2) is 0 Å². The van der Waals surface area contributed by atoms with Crippen molar-refractivity contribution in [3.8, 4) is 0 Å². The Balaban J connectivity index is 2.54. The SMILES string of the molecule is CCC(COC)NC(C)c1occc1Br. The fourth-order valence-electron chi connectivity index (χ4n) is 1.53. The maximum Gasteiger partial charge on any atom is 0.134 e. The number of methoxy groups -OCH3 is 1. The van der Waals surface area contributed by atoms with E-state index in [4.69, 9.17) is 9.15 Å². The van der Waals surface area contributed by atoms with Crippen LogP contribution < -0.4 is 5.32 Å². The van der Waals surface area contributed by atoms with Crippen molar-refractivity contribution in [2.24, 2.45) is 0 Å². The lowest BCUT2D eigenvalue weighted by Crippen LogP contribution is -2.34. The highest BCUT2D eigenvalue weighted by Gasteiger charge is 2.16. The fraction of sp³-hybridized carbons (Fsp3) is 0.636. The molecule has 2 unspecified atom stereocenters. The summed E-state index contributed by atoms with van der Waals surface area (Å²) >= 11 is 3.45. The van der Waals surface area contributed by atoms with Crippen LogP contribution in [-0.4, -0.2) is 19.8 Å². The summed E-state index contributed by atoms with van der Waals surface area (Å²) in [6, 6.07) is 2.46. The van der Waals surface area contributed by atoms with Gasteiger partial charge in [-0.25, -0.2) is 0 Å². The standard InChI is InChI=1S/C11H18BrNO2/c1-4-9(7-14-3)13-8(2)11-10(12)5-6-15-11/h5-6,8-9,13H,4,7H2,1-3H3. The molecule has 0 fully saturated rings. The average molecular weight is 276 g/mol. The Hall–Kier alpha value is -0.320. The van der Waals surface area contributed by atoms with Crippen molar-refractivity contribution < 1.29 is 9.15 Å². The first-order valence-corrected chi connectivity index (χ1v) is 5.96. The summed E-state index contributed by atoms with van der Waals surface area (Å²) in [7, 11) is 1.72. The first-order chi connectivity index (χ1) is 7.19. The topological polar surface area (TPSA) is 34.4 Å². The van der Waals surface area contributed by atoms with Crippen LogP contribution in [0.4, 0.5) is 0 Å². The van der Waals surface area contributed by atoms with Crippen molar-refractivity contribution in [2.45, 2.75) is 32.4 Å². The molecule has 0 aliphatic carbocycles. The summed E-state index contributed by atoms with van der Waals surface area (Å²) in [6.45, 7) is 4.95. The second kappa shape index (κ2) is 6.30. The smallest absolute Gasteiger partial charge is 0.134 e. The van der Waals surface area contributed by atoms with Gasteiger partial charge < -0.3 is 14.5 Å². The minimum absolute atomic E-state index is 0.189. The Morgan fingerprint density at radius 1 is 1.60 bits per heavy atom. The van der Waals surface area contributed by atoms with Crippen LogP contribution in [0.3, 0.4) is 0 Å². The van der Waals surface area contributed by atoms with Gasteiger partial charge in [-0.05, 0) is 35.3 Å². The molecular weight excluding hydrogens is 258 g/mol. The zero-order chi connectivity index (χ0) is 11.3. The molecule has 1 aromatic heterocycles. The van der Waals surface area contributed by atoms with E-state index in [-0.39, 0.29) is 6.04 Å². The molecule has 3 nitrogen and oxygen atoms in total. The van der Waals surface area contributed by atoms with E-state index in [1.165, 1.54) is 0 Å². The quantitative estimate of drug-likeness (QED) is 0.866. The molecule has 15 heavy (non-hydrogen) atoms. The molecule has 1 N–H and O–H groups in total.